The smallest absolute Gasteiger partial charge is 0.481 e. The van der Waals surface area contributed by atoms with Gasteiger partial charge in [-0.3, -0.25) is 66.6 Å². The molecule has 444 valence electrons. The van der Waals surface area contributed by atoms with Gasteiger partial charge in [-0.1, -0.05) is 12.1 Å². The van der Waals surface area contributed by atoms with Crippen molar-refractivity contribution in [3.63, 3.8) is 0 Å². The second-order valence-electron chi connectivity index (χ2n) is 18.7. The number of aliphatic carboxylic acids is 3. The summed E-state index contributed by atoms with van der Waals surface area (Å²) in [6.07, 6.45) is -5.32. The lowest BCUT2D eigenvalue weighted by Crippen LogP contribution is -2.60. The second kappa shape index (κ2) is 31.7. The number of carboxylic acids is 3. The van der Waals surface area contributed by atoms with Crippen molar-refractivity contribution >= 4 is 84.8 Å². The highest BCUT2D eigenvalue weighted by Crippen LogP contribution is 2.47. The largest absolute Gasteiger partial charge is 0.529 e. The summed E-state index contributed by atoms with van der Waals surface area (Å²) in [7, 11) is -1.90. The van der Waals surface area contributed by atoms with Crippen LogP contribution in [0.3, 0.4) is 0 Å². The molecule has 9 atom stereocenters. The fourth-order valence-electron chi connectivity index (χ4n) is 8.40. The molecular weight excluding hydrogens is 1090 g/mol. The predicted octanol–water partition coefficient (Wildman–Crippen LogP) is -4.42. The van der Waals surface area contributed by atoms with Gasteiger partial charge in [-0.2, -0.15) is 0 Å². The van der Waals surface area contributed by atoms with Crippen LogP contribution in [0.4, 0.5) is 0 Å². The number of amides is 10. The zero-order valence-electron chi connectivity index (χ0n) is 44.1. The number of hydrogen-bond acceptors (Lipinski definition) is 19. The number of carbonyl (C=O) groups excluding carboxylic acids is 10. The molecule has 0 unspecified atom stereocenters. The number of carbonyl (C=O) groups is 13. The van der Waals surface area contributed by atoms with E-state index in [0.29, 0.717) is 0 Å². The molecule has 2 aliphatic rings. The van der Waals surface area contributed by atoms with Crippen molar-refractivity contribution < 1.29 is 101 Å². The second-order valence-corrected chi connectivity index (χ2v) is 20.5. The molecule has 16 N–H and O–H groups in total. The van der Waals surface area contributed by atoms with E-state index < -0.39 is 204 Å². The minimum Gasteiger partial charge on any atom is -0.481 e. The van der Waals surface area contributed by atoms with Gasteiger partial charge in [-0.25, -0.2) is 9.36 Å². The van der Waals surface area contributed by atoms with E-state index in [-0.39, 0.29) is 50.1 Å². The number of benzene rings is 1. The lowest BCUT2D eigenvalue weighted by molar-refractivity contribution is -0.144. The van der Waals surface area contributed by atoms with Crippen molar-refractivity contribution in [3.05, 3.63) is 29.8 Å². The van der Waals surface area contributed by atoms with Crippen molar-refractivity contribution in [1.29, 1.82) is 0 Å². The quantitative estimate of drug-likeness (QED) is 0.0290. The Bertz CT molecular complexity index is 2490. The molecule has 0 aromatic heterocycles. The van der Waals surface area contributed by atoms with E-state index in [9.17, 15) is 82.2 Å². The van der Waals surface area contributed by atoms with Crippen molar-refractivity contribution in [2.75, 3.05) is 33.9 Å². The Balaban J connectivity index is 1.97. The molecule has 80 heavy (non-hydrogen) atoms. The minimum absolute atomic E-state index is 0.00244. The number of primary amides is 2. The third kappa shape index (κ3) is 21.1. The zero-order valence-corrected chi connectivity index (χ0v) is 45.0. The third-order valence-corrected chi connectivity index (χ3v) is 14.1. The number of nitrogens with zero attached hydrogens (tertiary/aromatic N) is 2. The number of hydrogen-bond donors (Lipinski definition) is 13. The topological polar surface area (TPSA) is 504 Å². The Labute approximate surface area is 457 Å². The first-order chi connectivity index (χ1) is 37.6. The SMILES string of the molecule is COP(=O)(OC)Oc1ccc(C[C@H](NC(=O)[C@H](CCC(N)=O)NC(=O)[C@@H]2CCCN2C(=O)[C@H](CCC(=O)O)NC(=O)[C@@H](N)[C@@H](C)O)C(=O)N[C@@H](CCC(N)=O)C(=O)N2CCC[C@H]2C(=O)NCC(=O)N[C@@H](CCC(=O)O)C(=O)O)cc1. The van der Waals surface area contributed by atoms with Gasteiger partial charge >= 0.3 is 25.7 Å². The van der Waals surface area contributed by atoms with Crippen LogP contribution >= 0.6 is 7.82 Å². The molecule has 0 aliphatic carbocycles. The van der Waals surface area contributed by atoms with Crippen LogP contribution in [-0.4, -0.2) is 195 Å². The van der Waals surface area contributed by atoms with Crippen LogP contribution in [0, 0.1) is 0 Å². The molecule has 2 aliphatic heterocycles. The normalized spacial score (nSPS) is 17.7. The van der Waals surface area contributed by atoms with Gasteiger partial charge in [-0.15, -0.1) is 0 Å². The summed E-state index contributed by atoms with van der Waals surface area (Å²) in [6.45, 7) is 0.291. The number of carboxylic acid groups (broad SMARTS) is 3. The summed E-state index contributed by atoms with van der Waals surface area (Å²) < 4.78 is 27.6. The Morgan fingerprint density at radius 3 is 1.55 bits per heavy atom. The maximum Gasteiger partial charge on any atom is 0.529 e. The number of likely N-dealkylation sites (tertiary alicyclic amines) is 2. The fourth-order valence-corrected chi connectivity index (χ4v) is 9.07. The van der Waals surface area contributed by atoms with Crippen LogP contribution in [0.2, 0.25) is 0 Å². The highest BCUT2D eigenvalue weighted by Gasteiger charge is 2.42. The van der Waals surface area contributed by atoms with Crippen LogP contribution in [0.1, 0.15) is 89.5 Å². The number of phosphoric ester groups is 1. The van der Waals surface area contributed by atoms with Crippen LogP contribution in [0.25, 0.3) is 0 Å². The van der Waals surface area contributed by atoms with Crippen molar-refractivity contribution in [3.8, 4) is 5.75 Å². The molecule has 1 aromatic carbocycles. The highest BCUT2D eigenvalue weighted by atomic mass is 31.2. The first-order valence-corrected chi connectivity index (χ1v) is 26.6. The molecule has 10 amide bonds. The van der Waals surface area contributed by atoms with Crippen LogP contribution in [-0.2, 0) is 82.4 Å². The van der Waals surface area contributed by atoms with Gasteiger partial charge in [-0.05, 0) is 76.0 Å². The van der Waals surface area contributed by atoms with Crippen LogP contribution in [0.15, 0.2) is 24.3 Å². The van der Waals surface area contributed by atoms with E-state index in [1.54, 1.807) is 0 Å². The Kier molecular flexibility index (Phi) is 26.3. The average Bonchev–Trinajstić information content (AvgIpc) is 4.12. The van der Waals surface area contributed by atoms with E-state index >= 15 is 0 Å². The monoisotopic (exact) mass is 1160 g/mol. The van der Waals surface area contributed by atoms with Gasteiger partial charge in [0.15, 0.2) is 0 Å². The number of nitrogens with two attached hydrogens (primary N) is 3. The molecule has 3 rings (SSSR count). The molecular formula is C47H70N11O21P. The molecule has 1 aromatic rings. The fraction of sp³-hybridized carbons (Fsp3) is 0.596. The van der Waals surface area contributed by atoms with E-state index in [2.05, 4.69) is 31.9 Å². The Morgan fingerprint density at radius 1 is 0.625 bits per heavy atom. The number of aliphatic hydroxyl groups is 1. The van der Waals surface area contributed by atoms with E-state index in [1.165, 1.54) is 31.2 Å². The number of rotatable bonds is 34. The number of phosphoric acid groups is 1. The lowest BCUT2D eigenvalue weighted by atomic mass is 10.0. The maximum atomic E-state index is 14.6. The molecule has 2 saturated heterocycles. The van der Waals surface area contributed by atoms with Crippen molar-refractivity contribution in [1.82, 2.24) is 41.7 Å². The minimum atomic E-state index is -4.05. The highest BCUT2D eigenvalue weighted by molar-refractivity contribution is 7.48. The summed E-state index contributed by atoms with van der Waals surface area (Å²) in [5.74, 6) is -13.8. The Morgan fingerprint density at radius 2 is 1.07 bits per heavy atom. The summed E-state index contributed by atoms with van der Waals surface area (Å²) in [4.78, 5) is 171. The number of aliphatic hydroxyl groups excluding tert-OH is 1. The summed E-state index contributed by atoms with van der Waals surface area (Å²) in [5.41, 5.74) is 16.9. The van der Waals surface area contributed by atoms with E-state index in [1.807, 2.05) is 0 Å². The molecule has 0 spiro atoms. The average molecular weight is 1160 g/mol. The van der Waals surface area contributed by atoms with Crippen molar-refractivity contribution in [2.24, 2.45) is 17.2 Å². The number of nitrogens with one attached hydrogen (secondary N) is 6. The third-order valence-electron chi connectivity index (χ3n) is 12.7. The first-order valence-electron chi connectivity index (χ1n) is 25.2. The summed E-state index contributed by atoms with van der Waals surface area (Å²) in [5, 5.41) is 51.8. The molecule has 2 fully saturated rings. The van der Waals surface area contributed by atoms with Gasteiger partial charge < -0.3 is 83.9 Å². The zero-order chi connectivity index (χ0) is 60.0. The predicted molar refractivity (Wildman–Crippen MR) is 272 cm³/mol. The maximum absolute atomic E-state index is 14.6. The van der Waals surface area contributed by atoms with Crippen LogP contribution < -0.4 is 53.6 Å². The molecule has 32 nitrogen and oxygen atoms in total. The van der Waals surface area contributed by atoms with E-state index in [4.69, 9.17) is 35.9 Å². The first kappa shape index (κ1) is 66.5. The standard InChI is InChI=1S/C47H70N11O21P/c1-24(59)39(50)44(71)55-29(14-18-37(63)64)46(73)58-21-5-7-33(58)43(70)53-27(12-16-34(48)60)40(67)56-31(22-25-8-10-26(11-9-25)79-80(76,77-2)78-3)41(68)54-28(13-17-35(49)61)45(72)57-20-4-6-32(57)42(69)51-23-36(62)52-30(47(74)75)15-19-38(65)66/h8-11,24,27-33,39,59H,4-7,12-23,50H2,1-3H3,(H2,48,60)(H2,49,61)(H,51,69)(H,52,62)(H,53,70)(H,54,68)(H,55,71)(H,56,67)(H,63,64)(H,65,66)(H,74,75)/t24-,27+,28+,29+,30+,31+,32+,33+,39+/m1/s1. The summed E-state index contributed by atoms with van der Waals surface area (Å²) >= 11 is 0. The van der Waals surface area contributed by atoms with Crippen molar-refractivity contribution in [2.45, 2.75) is 145 Å². The van der Waals surface area contributed by atoms with Gasteiger partial charge in [0.2, 0.25) is 59.1 Å². The molecule has 33 heteroatoms. The van der Waals surface area contributed by atoms with Crippen LogP contribution in [0.5, 0.6) is 5.75 Å². The van der Waals surface area contributed by atoms with Gasteiger partial charge in [0.25, 0.3) is 0 Å². The Hall–Kier alpha value is -7.80. The molecule has 0 radical (unpaired) electrons. The molecule has 2 heterocycles. The lowest BCUT2D eigenvalue weighted by Gasteiger charge is -2.31. The van der Waals surface area contributed by atoms with Gasteiger partial charge in [0.1, 0.15) is 54.1 Å². The summed E-state index contributed by atoms with van der Waals surface area (Å²) in [6, 6.07) is -6.85. The van der Waals surface area contributed by atoms with E-state index in [0.717, 1.165) is 24.0 Å². The van der Waals surface area contributed by atoms with Gasteiger partial charge in [0.05, 0.1) is 12.6 Å². The molecule has 0 bridgehead atoms. The van der Waals surface area contributed by atoms with Gasteiger partial charge in [0, 0.05) is 59.4 Å². The molecule has 0 saturated carbocycles.